The van der Waals surface area contributed by atoms with Gasteiger partial charge in [0.15, 0.2) is 0 Å². The first-order chi connectivity index (χ1) is 8.30. The Morgan fingerprint density at radius 3 is 2.11 bits per heavy atom. The minimum atomic E-state index is -1.18. The van der Waals surface area contributed by atoms with Gasteiger partial charge in [-0.25, -0.2) is 9.59 Å². The average Bonchev–Trinajstić information content (AvgIpc) is 2.36. The van der Waals surface area contributed by atoms with Gasteiger partial charge in [-0.3, -0.25) is 0 Å². The van der Waals surface area contributed by atoms with Gasteiger partial charge in [0.25, 0.3) is 0 Å². The summed E-state index contributed by atoms with van der Waals surface area (Å²) in [5.74, 6) is -0.995. The number of carbonyl (C=O) groups is 2. The van der Waals surface area contributed by atoms with Crippen molar-refractivity contribution in [3.8, 4) is 0 Å². The summed E-state index contributed by atoms with van der Waals surface area (Å²) in [6.07, 6.45) is 0. The molecule has 1 aliphatic heterocycles. The number of nitrogens with zero attached hydrogens (tertiary/aromatic N) is 3. The van der Waals surface area contributed by atoms with E-state index < -0.39 is 11.5 Å². The first-order valence-corrected chi connectivity index (χ1v) is 6.29. The zero-order valence-corrected chi connectivity index (χ0v) is 11.6. The number of rotatable bonds is 3. The molecule has 1 heterocycles. The molecule has 0 unspecified atom stereocenters. The fraction of sp³-hybridized carbons (Fsp3) is 0.833. The normalized spacial score (nSPS) is 17.7. The van der Waals surface area contributed by atoms with Crippen molar-refractivity contribution in [2.24, 2.45) is 0 Å². The predicted octanol–water partition coefficient (Wildman–Crippen LogP) is 0.539. The van der Waals surface area contributed by atoms with E-state index in [9.17, 15) is 9.59 Å². The SMILES string of the molecule is CCN1CCN(C(=O)N(C)C(C)(C)C(=O)O)CC1. The molecule has 0 bridgehead atoms. The number of urea groups is 1. The van der Waals surface area contributed by atoms with Gasteiger partial charge in [-0.15, -0.1) is 0 Å². The fourth-order valence-electron chi connectivity index (χ4n) is 1.85. The van der Waals surface area contributed by atoms with E-state index in [-0.39, 0.29) is 6.03 Å². The molecular weight excluding hydrogens is 234 g/mol. The summed E-state index contributed by atoms with van der Waals surface area (Å²) in [6.45, 7) is 9.17. The number of piperazine rings is 1. The minimum absolute atomic E-state index is 0.210. The maximum atomic E-state index is 12.2. The standard InChI is InChI=1S/C12H23N3O3/c1-5-14-6-8-15(9-7-14)11(18)13(4)12(2,3)10(16)17/h5-9H2,1-4H3,(H,16,17). The van der Waals surface area contributed by atoms with Crippen molar-refractivity contribution < 1.29 is 14.7 Å². The molecule has 0 aromatic carbocycles. The Morgan fingerprint density at radius 2 is 1.72 bits per heavy atom. The Balaban J connectivity index is 2.63. The lowest BCUT2D eigenvalue weighted by molar-refractivity contribution is -0.147. The molecule has 0 saturated carbocycles. The molecule has 104 valence electrons. The van der Waals surface area contributed by atoms with E-state index in [1.807, 2.05) is 0 Å². The zero-order valence-electron chi connectivity index (χ0n) is 11.6. The molecule has 1 fully saturated rings. The molecule has 0 atom stereocenters. The molecule has 1 saturated heterocycles. The first-order valence-electron chi connectivity index (χ1n) is 6.29. The molecule has 1 N–H and O–H groups in total. The lowest BCUT2D eigenvalue weighted by Gasteiger charge is -2.39. The monoisotopic (exact) mass is 257 g/mol. The van der Waals surface area contributed by atoms with Crippen molar-refractivity contribution in [1.29, 1.82) is 0 Å². The highest BCUT2D eigenvalue weighted by Gasteiger charge is 2.37. The van der Waals surface area contributed by atoms with Gasteiger partial charge in [0.2, 0.25) is 0 Å². The van der Waals surface area contributed by atoms with Crippen LogP contribution in [0.1, 0.15) is 20.8 Å². The van der Waals surface area contributed by atoms with Crippen molar-refractivity contribution in [3.63, 3.8) is 0 Å². The molecule has 6 heteroatoms. The Hall–Kier alpha value is -1.30. The topological polar surface area (TPSA) is 64.1 Å². The van der Waals surface area contributed by atoms with E-state index >= 15 is 0 Å². The second kappa shape index (κ2) is 5.56. The molecule has 1 aliphatic rings. The van der Waals surface area contributed by atoms with Gasteiger partial charge >= 0.3 is 12.0 Å². The van der Waals surface area contributed by atoms with Crippen LogP contribution in [0.25, 0.3) is 0 Å². The lowest BCUT2D eigenvalue weighted by atomic mass is 10.0. The second-order valence-electron chi connectivity index (χ2n) is 5.13. The summed E-state index contributed by atoms with van der Waals surface area (Å²) in [5, 5.41) is 9.12. The van der Waals surface area contributed by atoms with Gasteiger partial charge in [-0.1, -0.05) is 6.92 Å². The molecular formula is C12H23N3O3. The predicted molar refractivity (Wildman–Crippen MR) is 68.6 cm³/mol. The van der Waals surface area contributed by atoms with Crippen LogP contribution in [0.3, 0.4) is 0 Å². The Kier molecular flexibility index (Phi) is 4.56. The van der Waals surface area contributed by atoms with Crippen LogP contribution in [-0.2, 0) is 4.79 Å². The maximum absolute atomic E-state index is 12.2. The van der Waals surface area contributed by atoms with Crippen LogP contribution in [0.5, 0.6) is 0 Å². The van der Waals surface area contributed by atoms with E-state index in [2.05, 4.69) is 11.8 Å². The van der Waals surface area contributed by atoms with Gasteiger partial charge in [-0.2, -0.15) is 0 Å². The summed E-state index contributed by atoms with van der Waals surface area (Å²) in [6, 6.07) is -0.210. The van der Waals surface area contributed by atoms with Crippen molar-refractivity contribution in [3.05, 3.63) is 0 Å². The molecule has 1 rings (SSSR count). The number of carboxylic acids is 1. The summed E-state index contributed by atoms with van der Waals surface area (Å²) in [5.41, 5.74) is -1.18. The number of carbonyl (C=O) groups excluding carboxylic acids is 1. The van der Waals surface area contributed by atoms with Crippen LogP contribution >= 0.6 is 0 Å². The molecule has 0 aromatic heterocycles. The van der Waals surface area contributed by atoms with Crippen LogP contribution in [0.15, 0.2) is 0 Å². The number of hydrogen-bond donors (Lipinski definition) is 1. The number of carboxylic acid groups (broad SMARTS) is 1. The molecule has 0 radical (unpaired) electrons. The van der Waals surface area contributed by atoms with E-state index in [0.717, 1.165) is 19.6 Å². The molecule has 0 aliphatic carbocycles. The summed E-state index contributed by atoms with van der Waals surface area (Å²) in [4.78, 5) is 28.6. The van der Waals surface area contributed by atoms with Crippen LogP contribution < -0.4 is 0 Å². The fourth-order valence-corrected chi connectivity index (χ4v) is 1.85. The minimum Gasteiger partial charge on any atom is -0.480 e. The molecule has 0 spiro atoms. The van der Waals surface area contributed by atoms with Crippen molar-refractivity contribution in [2.45, 2.75) is 26.3 Å². The number of aliphatic carboxylic acids is 1. The Bertz CT molecular complexity index is 323. The molecule has 18 heavy (non-hydrogen) atoms. The number of hydrogen-bond acceptors (Lipinski definition) is 3. The highest BCUT2D eigenvalue weighted by Crippen LogP contribution is 2.15. The van der Waals surface area contributed by atoms with Crippen LogP contribution in [0.2, 0.25) is 0 Å². The first kappa shape index (κ1) is 14.8. The summed E-state index contributed by atoms with van der Waals surface area (Å²) >= 11 is 0. The van der Waals surface area contributed by atoms with E-state index in [1.165, 1.54) is 18.7 Å². The lowest BCUT2D eigenvalue weighted by Crippen LogP contribution is -2.58. The molecule has 2 amide bonds. The van der Waals surface area contributed by atoms with Gasteiger partial charge in [0.05, 0.1) is 0 Å². The van der Waals surface area contributed by atoms with Gasteiger partial charge in [0, 0.05) is 33.2 Å². The van der Waals surface area contributed by atoms with Crippen molar-refractivity contribution in [1.82, 2.24) is 14.7 Å². The van der Waals surface area contributed by atoms with Crippen LogP contribution in [0.4, 0.5) is 4.79 Å². The number of amides is 2. The van der Waals surface area contributed by atoms with Gasteiger partial charge < -0.3 is 19.8 Å². The zero-order chi connectivity index (χ0) is 13.9. The quantitative estimate of drug-likeness (QED) is 0.801. The third kappa shape index (κ3) is 2.93. The van der Waals surface area contributed by atoms with Crippen LogP contribution in [-0.4, -0.2) is 77.1 Å². The number of likely N-dealkylation sites (N-methyl/N-ethyl adjacent to an activating group) is 2. The van der Waals surface area contributed by atoms with Gasteiger partial charge in [-0.05, 0) is 20.4 Å². The average molecular weight is 257 g/mol. The van der Waals surface area contributed by atoms with Crippen molar-refractivity contribution >= 4 is 12.0 Å². The largest absolute Gasteiger partial charge is 0.480 e. The Morgan fingerprint density at radius 1 is 1.22 bits per heavy atom. The van der Waals surface area contributed by atoms with E-state index in [4.69, 9.17) is 5.11 Å². The van der Waals surface area contributed by atoms with E-state index in [0.29, 0.717) is 13.1 Å². The molecule has 6 nitrogen and oxygen atoms in total. The van der Waals surface area contributed by atoms with Crippen LogP contribution in [0, 0.1) is 0 Å². The third-order valence-electron chi connectivity index (χ3n) is 3.74. The summed E-state index contributed by atoms with van der Waals surface area (Å²) < 4.78 is 0. The second-order valence-corrected chi connectivity index (χ2v) is 5.13. The molecule has 0 aromatic rings. The Labute approximate surface area is 108 Å². The van der Waals surface area contributed by atoms with Crippen molar-refractivity contribution in [2.75, 3.05) is 39.8 Å². The maximum Gasteiger partial charge on any atom is 0.329 e. The van der Waals surface area contributed by atoms with E-state index in [1.54, 1.807) is 11.9 Å². The third-order valence-corrected chi connectivity index (χ3v) is 3.74. The highest BCUT2D eigenvalue weighted by molar-refractivity contribution is 5.85. The smallest absolute Gasteiger partial charge is 0.329 e. The van der Waals surface area contributed by atoms with Gasteiger partial charge in [0.1, 0.15) is 5.54 Å². The summed E-state index contributed by atoms with van der Waals surface area (Å²) in [7, 11) is 1.54. The highest BCUT2D eigenvalue weighted by atomic mass is 16.4.